The van der Waals surface area contributed by atoms with Crippen molar-refractivity contribution in [2.45, 2.75) is 6.61 Å². The number of nitrogens with zero attached hydrogens (tertiary/aromatic N) is 5. The molecule has 2 aromatic heterocycles. The van der Waals surface area contributed by atoms with E-state index in [2.05, 4.69) is 15.1 Å². The molecule has 118 valence electrons. The average molecular weight is 323 g/mol. The van der Waals surface area contributed by atoms with Gasteiger partial charge in [0.15, 0.2) is 5.82 Å². The fourth-order valence-corrected chi connectivity index (χ4v) is 1.93. The van der Waals surface area contributed by atoms with Crippen molar-refractivity contribution in [2.75, 3.05) is 0 Å². The summed E-state index contributed by atoms with van der Waals surface area (Å²) in [5.41, 5.74) is 0.623. The first kappa shape index (κ1) is 15.3. The molecule has 0 aliphatic carbocycles. The monoisotopic (exact) mass is 323 g/mol. The van der Waals surface area contributed by atoms with Crippen LogP contribution in [0.5, 0.6) is 0 Å². The van der Waals surface area contributed by atoms with Gasteiger partial charge in [-0.1, -0.05) is 6.07 Å². The molecule has 0 spiro atoms. The number of esters is 1. The molecule has 0 radical (unpaired) electrons. The zero-order chi connectivity index (χ0) is 16.9. The average Bonchev–Trinajstić information content (AvgIpc) is 3.15. The van der Waals surface area contributed by atoms with Crippen LogP contribution in [0.4, 0.5) is 4.39 Å². The van der Waals surface area contributed by atoms with Crippen LogP contribution in [0.25, 0.3) is 5.82 Å². The Kier molecular flexibility index (Phi) is 4.25. The quantitative estimate of drug-likeness (QED) is 0.682. The van der Waals surface area contributed by atoms with Gasteiger partial charge in [-0.15, -0.1) is 0 Å². The second-order valence-corrected chi connectivity index (χ2v) is 4.74. The predicted molar refractivity (Wildman–Crippen MR) is 79.4 cm³/mol. The number of carbonyl (C=O) groups excluding carboxylic acids is 1. The van der Waals surface area contributed by atoms with Gasteiger partial charge in [0.25, 0.3) is 0 Å². The molecule has 8 heteroatoms. The van der Waals surface area contributed by atoms with Gasteiger partial charge in [-0.05, 0) is 24.3 Å². The van der Waals surface area contributed by atoms with Gasteiger partial charge in [0, 0.05) is 11.8 Å². The highest BCUT2D eigenvalue weighted by Gasteiger charge is 2.11. The van der Waals surface area contributed by atoms with Crippen LogP contribution < -0.4 is 0 Å². The maximum absolute atomic E-state index is 13.7. The molecule has 0 atom stereocenters. The largest absolute Gasteiger partial charge is 0.457 e. The molecule has 3 aromatic rings. The van der Waals surface area contributed by atoms with Crippen LogP contribution in [0.2, 0.25) is 0 Å². The Labute approximate surface area is 136 Å². The Morgan fingerprint density at radius 3 is 2.83 bits per heavy atom. The predicted octanol–water partition coefficient (Wildman–Crippen LogP) is 2.03. The van der Waals surface area contributed by atoms with Gasteiger partial charge in [-0.3, -0.25) is 0 Å². The Bertz CT molecular complexity index is 901. The number of carbonyl (C=O) groups is 1. The molecular formula is C16H10FN5O2. The van der Waals surface area contributed by atoms with Crippen molar-refractivity contribution in [3.05, 3.63) is 71.7 Å². The third-order valence-corrected chi connectivity index (χ3v) is 3.18. The smallest absolute Gasteiger partial charge is 0.340 e. The van der Waals surface area contributed by atoms with Crippen molar-refractivity contribution >= 4 is 5.97 Å². The molecule has 0 aliphatic heterocycles. The van der Waals surface area contributed by atoms with E-state index in [4.69, 9.17) is 10.00 Å². The first-order valence-corrected chi connectivity index (χ1v) is 6.84. The number of benzene rings is 1. The highest BCUT2D eigenvalue weighted by Crippen LogP contribution is 2.13. The first-order valence-electron chi connectivity index (χ1n) is 6.84. The number of halogens is 1. The van der Waals surface area contributed by atoms with E-state index in [0.29, 0.717) is 5.82 Å². The topological polar surface area (TPSA) is 93.7 Å². The minimum Gasteiger partial charge on any atom is -0.457 e. The molecule has 0 saturated carbocycles. The normalized spacial score (nSPS) is 10.2. The van der Waals surface area contributed by atoms with Crippen molar-refractivity contribution < 1.29 is 13.9 Å². The molecule has 7 nitrogen and oxygen atoms in total. The lowest BCUT2D eigenvalue weighted by atomic mass is 10.1. The summed E-state index contributed by atoms with van der Waals surface area (Å²) in [4.78, 5) is 19.9. The molecule has 0 N–H and O–H groups in total. The molecule has 0 saturated heterocycles. The summed E-state index contributed by atoms with van der Waals surface area (Å²) in [6, 6.07) is 8.92. The van der Waals surface area contributed by atoms with Gasteiger partial charge in [-0.25, -0.2) is 23.8 Å². The number of hydrogen-bond acceptors (Lipinski definition) is 6. The summed E-state index contributed by atoms with van der Waals surface area (Å²) in [5, 5.41) is 12.6. The molecule has 0 amide bonds. The number of rotatable bonds is 4. The van der Waals surface area contributed by atoms with Crippen LogP contribution in [0.3, 0.4) is 0 Å². The van der Waals surface area contributed by atoms with Gasteiger partial charge >= 0.3 is 5.97 Å². The third kappa shape index (κ3) is 3.25. The fourth-order valence-electron chi connectivity index (χ4n) is 1.93. The molecule has 3 rings (SSSR count). The summed E-state index contributed by atoms with van der Waals surface area (Å²) in [6.07, 6.45) is 4.19. The standard InChI is InChI=1S/C16H10FN5O2/c17-14-5-11(6-18)1-2-13(14)8-24-16(23)12-3-4-15(20-7-12)22-10-19-9-21-22/h1-5,7,9-10H,8H2. The Balaban J connectivity index is 1.66. The summed E-state index contributed by atoms with van der Waals surface area (Å²) < 4.78 is 20.2. The lowest BCUT2D eigenvalue weighted by Crippen LogP contribution is -2.08. The molecular weight excluding hydrogens is 313 g/mol. The molecule has 0 bridgehead atoms. The minimum absolute atomic E-state index is 0.189. The number of ether oxygens (including phenoxy) is 1. The van der Waals surface area contributed by atoms with E-state index in [9.17, 15) is 9.18 Å². The molecule has 2 heterocycles. The maximum atomic E-state index is 13.7. The SMILES string of the molecule is N#Cc1ccc(COC(=O)c2ccc(-n3cncn3)nc2)c(F)c1. The van der Waals surface area contributed by atoms with Crippen LogP contribution in [0.1, 0.15) is 21.5 Å². The van der Waals surface area contributed by atoms with E-state index in [-0.39, 0.29) is 23.3 Å². The maximum Gasteiger partial charge on any atom is 0.340 e. The Morgan fingerprint density at radius 1 is 1.33 bits per heavy atom. The Hall–Kier alpha value is -3.60. The summed E-state index contributed by atoms with van der Waals surface area (Å²) >= 11 is 0. The number of nitriles is 1. The van der Waals surface area contributed by atoms with Crippen molar-refractivity contribution in [3.63, 3.8) is 0 Å². The number of hydrogen-bond donors (Lipinski definition) is 0. The van der Waals surface area contributed by atoms with E-state index < -0.39 is 11.8 Å². The zero-order valence-corrected chi connectivity index (χ0v) is 12.3. The van der Waals surface area contributed by atoms with Crippen LogP contribution in [0.15, 0.2) is 49.2 Å². The van der Waals surface area contributed by atoms with Crippen LogP contribution in [-0.4, -0.2) is 25.7 Å². The second kappa shape index (κ2) is 6.66. The Morgan fingerprint density at radius 2 is 2.21 bits per heavy atom. The van der Waals surface area contributed by atoms with Gasteiger partial charge in [0.2, 0.25) is 0 Å². The highest BCUT2D eigenvalue weighted by atomic mass is 19.1. The first-order chi connectivity index (χ1) is 11.7. The summed E-state index contributed by atoms with van der Waals surface area (Å²) in [6.45, 7) is -0.235. The van der Waals surface area contributed by atoms with Gasteiger partial charge in [-0.2, -0.15) is 10.4 Å². The molecule has 24 heavy (non-hydrogen) atoms. The molecule has 0 fully saturated rings. The van der Waals surface area contributed by atoms with E-state index in [0.717, 1.165) is 6.07 Å². The van der Waals surface area contributed by atoms with Crippen molar-refractivity contribution in [1.29, 1.82) is 5.26 Å². The third-order valence-electron chi connectivity index (χ3n) is 3.18. The summed E-state index contributed by atoms with van der Waals surface area (Å²) in [7, 11) is 0. The fraction of sp³-hybridized carbons (Fsp3) is 0.0625. The molecule has 0 unspecified atom stereocenters. The van der Waals surface area contributed by atoms with E-state index in [1.807, 2.05) is 6.07 Å². The van der Waals surface area contributed by atoms with Crippen molar-refractivity contribution in [3.8, 4) is 11.9 Å². The minimum atomic E-state index is -0.628. The van der Waals surface area contributed by atoms with E-state index >= 15 is 0 Å². The van der Waals surface area contributed by atoms with Crippen LogP contribution >= 0.6 is 0 Å². The second-order valence-electron chi connectivity index (χ2n) is 4.74. The van der Waals surface area contributed by atoms with E-state index in [1.165, 1.54) is 41.7 Å². The lowest BCUT2D eigenvalue weighted by molar-refractivity contribution is 0.0468. The highest BCUT2D eigenvalue weighted by molar-refractivity contribution is 5.89. The number of pyridine rings is 1. The van der Waals surface area contributed by atoms with Gasteiger partial charge in [0.1, 0.15) is 25.1 Å². The molecule has 1 aromatic carbocycles. The van der Waals surface area contributed by atoms with Crippen LogP contribution in [-0.2, 0) is 11.3 Å². The van der Waals surface area contributed by atoms with Crippen molar-refractivity contribution in [1.82, 2.24) is 19.7 Å². The summed E-state index contributed by atoms with van der Waals surface area (Å²) in [5.74, 6) is -0.722. The molecule has 0 aliphatic rings. The van der Waals surface area contributed by atoms with Gasteiger partial charge in [0.05, 0.1) is 17.2 Å². The zero-order valence-electron chi connectivity index (χ0n) is 12.3. The van der Waals surface area contributed by atoms with E-state index in [1.54, 1.807) is 6.07 Å². The number of aromatic nitrogens is 4. The van der Waals surface area contributed by atoms with Gasteiger partial charge < -0.3 is 4.74 Å². The van der Waals surface area contributed by atoms with Crippen LogP contribution in [0, 0.1) is 17.1 Å². The van der Waals surface area contributed by atoms with Crippen molar-refractivity contribution in [2.24, 2.45) is 0 Å². The lowest BCUT2D eigenvalue weighted by Gasteiger charge is -2.06.